The first-order valence-electron chi connectivity index (χ1n) is 6.26. The van der Waals surface area contributed by atoms with Crippen LogP contribution >= 0.6 is 15.9 Å². The van der Waals surface area contributed by atoms with Crippen molar-refractivity contribution < 1.29 is 18.3 Å². The maximum Gasteiger partial charge on any atom is 0.346 e. The Morgan fingerprint density at radius 1 is 1.33 bits per heavy atom. The summed E-state index contributed by atoms with van der Waals surface area (Å²) in [5, 5.41) is 0.00200. The fourth-order valence-corrected chi connectivity index (χ4v) is 2.19. The van der Waals surface area contributed by atoms with Crippen molar-refractivity contribution in [1.82, 2.24) is 0 Å². The van der Waals surface area contributed by atoms with Gasteiger partial charge in [0.2, 0.25) is 5.43 Å². The van der Waals surface area contributed by atoms with Gasteiger partial charge in [0.25, 0.3) is 0 Å². The predicted molar refractivity (Wildman–Crippen MR) is 80.0 cm³/mol. The summed E-state index contributed by atoms with van der Waals surface area (Å²) in [6.45, 7) is 6.58. The Kier molecular flexibility index (Phi) is 3.93. The minimum Gasteiger partial charge on any atom is -0.460 e. The molecule has 0 atom stereocenters. The number of aryl methyl sites for hydroxylation is 1. The molecule has 0 bridgehead atoms. The average molecular weight is 357 g/mol. The van der Waals surface area contributed by atoms with Crippen LogP contribution in [0.3, 0.4) is 0 Å². The van der Waals surface area contributed by atoms with Crippen LogP contribution in [0.5, 0.6) is 0 Å². The third kappa shape index (κ3) is 3.15. The van der Waals surface area contributed by atoms with Crippen LogP contribution in [-0.4, -0.2) is 11.6 Å². The van der Waals surface area contributed by atoms with Gasteiger partial charge < -0.3 is 9.15 Å². The lowest BCUT2D eigenvalue weighted by Crippen LogP contribution is -2.28. The number of rotatable bonds is 1. The first-order valence-corrected chi connectivity index (χ1v) is 7.05. The third-order valence-corrected chi connectivity index (χ3v) is 3.32. The molecule has 6 heteroatoms. The summed E-state index contributed by atoms with van der Waals surface area (Å²) in [7, 11) is 0. The second-order valence-corrected chi connectivity index (χ2v) is 6.48. The number of halogens is 2. The van der Waals surface area contributed by atoms with E-state index in [9.17, 15) is 14.0 Å². The van der Waals surface area contributed by atoms with E-state index in [1.807, 2.05) is 0 Å². The first kappa shape index (κ1) is 15.7. The highest BCUT2D eigenvalue weighted by molar-refractivity contribution is 9.10. The van der Waals surface area contributed by atoms with Crippen molar-refractivity contribution in [3.05, 3.63) is 44.0 Å². The summed E-state index contributed by atoms with van der Waals surface area (Å²) in [5.74, 6) is -1.24. The molecule has 0 amide bonds. The van der Waals surface area contributed by atoms with Gasteiger partial charge in [0.05, 0.1) is 9.86 Å². The van der Waals surface area contributed by atoms with Crippen LogP contribution in [0, 0.1) is 12.7 Å². The number of carbonyl (C=O) groups is 1. The smallest absolute Gasteiger partial charge is 0.346 e. The molecule has 0 fully saturated rings. The number of esters is 1. The molecular formula is C15H14BrFO4. The van der Waals surface area contributed by atoms with E-state index in [1.54, 1.807) is 20.8 Å². The highest BCUT2D eigenvalue weighted by atomic mass is 79.9. The SMILES string of the molecule is Cc1oc2cc(Br)c(F)cc2c(=O)c1C(=O)OC(C)(C)C. The molecule has 21 heavy (non-hydrogen) atoms. The van der Waals surface area contributed by atoms with Gasteiger partial charge >= 0.3 is 5.97 Å². The molecule has 2 rings (SSSR count). The molecule has 0 spiro atoms. The molecule has 1 aromatic carbocycles. The topological polar surface area (TPSA) is 56.5 Å². The molecule has 112 valence electrons. The molecule has 2 aromatic rings. The van der Waals surface area contributed by atoms with Gasteiger partial charge in [-0.15, -0.1) is 0 Å². The number of benzene rings is 1. The molecule has 0 unspecified atom stereocenters. The lowest BCUT2D eigenvalue weighted by molar-refractivity contribution is 0.00649. The Hall–Kier alpha value is -1.69. The van der Waals surface area contributed by atoms with Crippen LogP contribution in [0.4, 0.5) is 4.39 Å². The fraction of sp³-hybridized carbons (Fsp3) is 0.333. The highest BCUT2D eigenvalue weighted by Crippen LogP contribution is 2.24. The minimum absolute atomic E-state index is 0.00200. The van der Waals surface area contributed by atoms with Gasteiger partial charge in [-0.3, -0.25) is 4.79 Å². The van der Waals surface area contributed by atoms with Gasteiger partial charge in [0.1, 0.15) is 28.3 Å². The average Bonchev–Trinajstić information content (AvgIpc) is 2.29. The van der Waals surface area contributed by atoms with Crippen molar-refractivity contribution in [2.45, 2.75) is 33.3 Å². The summed E-state index contributed by atoms with van der Waals surface area (Å²) in [5.41, 5.74) is -1.35. The van der Waals surface area contributed by atoms with E-state index >= 15 is 0 Å². The van der Waals surface area contributed by atoms with E-state index in [-0.39, 0.29) is 26.8 Å². The minimum atomic E-state index is -0.779. The van der Waals surface area contributed by atoms with E-state index in [1.165, 1.54) is 13.0 Å². The van der Waals surface area contributed by atoms with Crippen molar-refractivity contribution in [1.29, 1.82) is 0 Å². The molecule has 0 N–H and O–H groups in total. The summed E-state index contributed by atoms with van der Waals surface area (Å²) in [6, 6.07) is 2.40. The van der Waals surface area contributed by atoms with Crippen molar-refractivity contribution in [3.8, 4) is 0 Å². The van der Waals surface area contributed by atoms with Gasteiger partial charge in [0, 0.05) is 0 Å². The van der Waals surface area contributed by atoms with Crippen molar-refractivity contribution in [3.63, 3.8) is 0 Å². The molecule has 1 heterocycles. The van der Waals surface area contributed by atoms with Crippen LogP contribution in [0.1, 0.15) is 36.9 Å². The van der Waals surface area contributed by atoms with E-state index in [2.05, 4.69) is 15.9 Å². The third-order valence-electron chi connectivity index (χ3n) is 2.71. The zero-order valence-corrected chi connectivity index (χ0v) is 13.6. The van der Waals surface area contributed by atoms with Crippen LogP contribution in [-0.2, 0) is 4.74 Å². The first-order chi connectivity index (χ1) is 9.60. The standard InChI is InChI=1S/C15H14BrFO4/c1-7-12(14(19)21-15(2,3)4)13(18)8-5-10(17)9(16)6-11(8)20-7/h5-6H,1-4H3. The quantitative estimate of drug-likeness (QED) is 0.725. The summed E-state index contributed by atoms with van der Waals surface area (Å²) >= 11 is 3.02. The van der Waals surface area contributed by atoms with E-state index in [0.717, 1.165) is 6.07 Å². The summed E-state index contributed by atoms with van der Waals surface area (Å²) < 4.78 is 24.4. The summed E-state index contributed by atoms with van der Waals surface area (Å²) in [4.78, 5) is 24.5. The van der Waals surface area contributed by atoms with E-state index < -0.39 is 22.8 Å². The zero-order chi connectivity index (χ0) is 15.9. The highest BCUT2D eigenvalue weighted by Gasteiger charge is 2.25. The molecule has 0 aliphatic heterocycles. The lowest BCUT2D eigenvalue weighted by atomic mass is 10.1. The monoisotopic (exact) mass is 356 g/mol. The Morgan fingerprint density at radius 2 is 1.95 bits per heavy atom. The Labute approximate surface area is 129 Å². The molecule has 4 nitrogen and oxygen atoms in total. The van der Waals surface area contributed by atoms with Crippen molar-refractivity contribution >= 4 is 32.9 Å². The van der Waals surface area contributed by atoms with Crippen LogP contribution < -0.4 is 5.43 Å². The molecule has 0 saturated carbocycles. The number of hydrogen-bond acceptors (Lipinski definition) is 4. The lowest BCUT2D eigenvalue weighted by Gasteiger charge is -2.19. The van der Waals surface area contributed by atoms with E-state index in [0.29, 0.717) is 0 Å². The second kappa shape index (κ2) is 5.26. The number of fused-ring (bicyclic) bond motifs is 1. The zero-order valence-electron chi connectivity index (χ0n) is 12.0. The van der Waals surface area contributed by atoms with Crippen LogP contribution in [0.2, 0.25) is 0 Å². The van der Waals surface area contributed by atoms with Gasteiger partial charge in [0.15, 0.2) is 0 Å². The number of ether oxygens (including phenoxy) is 1. The fourth-order valence-electron chi connectivity index (χ4n) is 1.87. The maximum absolute atomic E-state index is 13.6. The predicted octanol–water partition coefficient (Wildman–Crippen LogP) is 3.96. The molecule has 1 aromatic heterocycles. The van der Waals surface area contributed by atoms with Crippen LogP contribution in [0.15, 0.2) is 25.8 Å². The normalized spacial score (nSPS) is 11.7. The van der Waals surface area contributed by atoms with Gasteiger partial charge in [-0.25, -0.2) is 9.18 Å². The Morgan fingerprint density at radius 3 is 2.52 bits per heavy atom. The molecule has 0 saturated heterocycles. The number of hydrogen-bond donors (Lipinski definition) is 0. The van der Waals surface area contributed by atoms with Crippen LogP contribution in [0.25, 0.3) is 11.0 Å². The molecular weight excluding hydrogens is 343 g/mol. The summed E-state index contributed by atoms with van der Waals surface area (Å²) in [6.07, 6.45) is 0. The largest absolute Gasteiger partial charge is 0.460 e. The second-order valence-electron chi connectivity index (χ2n) is 5.63. The van der Waals surface area contributed by atoms with Gasteiger partial charge in [-0.05, 0) is 55.8 Å². The van der Waals surface area contributed by atoms with Gasteiger partial charge in [-0.2, -0.15) is 0 Å². The molecule has 0 aliphatic rings. The van der Waals surface area contributed by atoms with Crippen molar-refractivity contribution in [2.75, 3.05) is 0 Å². The van der Waals surface area contributed by atoms with Gasteiger partial charge in [-0.1, -0.05) is 0 Å². The number of carbonyl (C=O) groups excluding carboxylic acids is 1. The van der Waals surface area contributed by atoms with Crippen molar-refractivity contribution in [2.24, 2.45) is 0 Å². The Bertz CT molecular complexity index is 787. The Balaban J connectivity index is 2.69. The van der Waals surface area contributed by atoms with E-state index in [4.69, 9.17) is 9.15 Å². The molecule has 0 radical (unpaired) electrons. The maximum atomic E-state index is 13.6. The molecule has 0 aliphatic carbocycles.